The summed E-state index contributed by atoms with van der Waals surface area (Å²) in [7, 11) is 0. The van der Waals surface area contributed by atoms with Crippen molar-refractivity contribution >= 4 is 22.8 Å². The standard InChI is InChI=1S/C19H21NO6/c1-3-12-9-17(21)26-16-10-13(6-7-14(12)16)25-11(2)18(22)20-8-4-5-15(20)19(23)24/h6-7,9-11,15H,3-5,8H2,1-2H3,(H,23,24). The first-order valence-electron chi connectivity index (χ1n) is 8.67. The quantitative estimate of drug-likeness (QED) is 0.822. The highest BCUT2D eigenvalue weighted by molar-refractivity contribution is 5.87. The van der Waals surface area contributed by atoms with Gasteiger partial charge in [-0.05, 0) is 43.9 Å². The lowest BCUT2D eigenvalue weighted by atomic mass is 10.1. The molecule has 7 heteroatoms. The lowest BCUT2D eigenvalue weighted by Crippen LogP contribution is -2.46. The van der Waals surface area contributed by atoms with E-state index < -0.39 is 23.7 Å². The molecule has 1 N–H and O–H groups in total. The average Bonchev–Trinajstić information content (AvgIpc) is 3.09. The van der Waals surface area contributed by atoms with Gasteiger partial charge in [0.25, 0.3) is 5.91 Å². The van der Waals surface area contributed by atoms with Gasteiger partial charge in [-0.25, -0.2) is 9.59 Å². The Morgan fingerprint density at radius 3 is 2.85 bits per heavy atom. The van der Waals surface area contributed by atoms with Gasteiger partial charge in [0.15, 0.2) is 6.10 Å². The number of carbonyl (C=O) groups excluding carboxylic acids is 1. The van der Waals surface area contributed by atoms with Crippen molar-refractivity contribution in [2.24, 2.45) is 0 Å². The topological polar surface area (TPSA) is 97.0 Å². The van der Waals surface area contributed by atoms with Crippen LogP contribution >= 0.6 is 0 Å². The highest BCUT2D eigenvalue weighted by atomic mass is 16.5. The van der Waals surface area contributed by atoms with Crippen LogP contribution in [0.3, 0.4) is 0 Å². The van der Waals surface area contributed by atoms with Gasteiger partial charge in [-0.15, -0.1) is 0 Å². The summed E-state index contributed by atoms with van der Waals surface area (Å²) in [6, 6.07) is 5.76. The zero-order valence-electron chi connectivity index (χ0n) is 14.7. The molecular weight excluding hydrogens is 338 g/mol. The van der Waals surface area contributed by atoms with E-state index in [4.69, 9.17) is 9.15 Å². The van der Waals surface area contributed by atoms with Crippen molar-refractivity contribution in [3.8, 4) is 5.75 Å². The predicted molar refractivity (Wildman–Crippen MR) is 94.3 cm³/mol. The van der Waals surface area contributed by atoms with Gasteiger partial charge in [-0.2, -0.15) is 0 Å². The normalized spacial score (nSPS) is 18.1. The van der Waals surface area contributed by atoms with Crippen LogP contribution in [0.1, 0.15) is 32.3 Å². The number of nitrogens with zero attached hydrogens (tertiary/aromatic N) is 1. The molecule has 2 heterocycles. The number of carboxylic acid groups (broad SMARTS) is 1. The third-order valence-corrected chi connectivity index (χ3v) is 4.66. The van der Waals surface area contributed by atoms with E-state index in [0.29, 0.717) is 37.1 Å². The van der Waals surface area contributed by atoms with Crippen LogP contribution in [0.2, 0.25) is 0 Å². The zero-order valence-corrected chi connectivity index (χ0v) is 14.7. The summed E-state index contributed by atoms with van der Waals surface area (Å²) in [6.07, 6.45) is 0.974. The fraction of sp³-hybridized carbons (Fsp3) is 0.421. The number of fused-ring (bicyclic) bond motifs is 1. The molecule has 0 radical (unpaired) electrons. The Labute approximate surface area is 150 Å². The number of amides is 1. The van der Waals surface area contributed by atoms with Crippen LogP contribution in [0.15, 0.2) is 33.5 Å². The largest absolute Gasteiger partial charge is 0.481 e. The van der Waals surface area contributed by atoms with Crippen LogP contribution in [0.5, 0.6) is 5.75 Å². The van der Waals surface area contributed by atoms with Crippen molar-refractivity contribution in [1.29, 1.82) is 0 Å². The minimum Gasteiger partial charge on any atom is -0.481 e. The molecule has 26 heavy (non-hydrogen) atoms. The van der Waals surface area contributed by atoms with Crippen molar-refractivity contribution in [2.45, 2.75) is 45.3 Å². The maximum atomic E-state index is 12.5. The van der Waals surface area contributed by atoms with E-state index in [-0.39, 0.29) is 5.91 Å². The summed E-state index contributed by atoms with van der Waals surface area (Å²) < 4.78 is 10.9. The second-order valence-corrected chi connectivity index (χ2v) is 6.39. The minimum absolute atomic E-state index is 0.362. The van der Waals surface area contributed by atoms with Gasteiger partial charge < -0.3 is 19.2 Å². The number of likely N-dealkylation sites (tertiary alicyclic amines) is 1. The number of rotatable bonds is 5. The fourth-order valence-corrected chi connectivity index (χ4v) is 3.35. The number of benzene rings is 1. The molecule has 2 atom stereocenters. The van der Waals surface area contributed by atoms with Crippen LogP contribution in [0.4, 0.5) is 0 Å². The molecule has 7 nitrogen and oxygen atoms in total. The molecular formula is C19H21NO6. The summed E-state index contributed by atoms with van der Waals surface area (Å²) in [5.74, 6) is -0.970. The molecule has 2 aromatic rings. The van der Waals surface area contributed by atoms with E-state index in [1.165, 1.54) is 11.0 Å². The molecule has 3 rings (SSSR count). The summed E-state index contributed by atoms with van der Waals surface area (Å²) in [4.78, 5) is 36.8. The maximum absolute atomic E-state index is 12.5. The molecule has 1 amide bonds. The highest BCUT2D eigenvalue weighted by Crippen LogP contribution is 2.25. The van der Waals surface area contributed by atoms with E-state index in [1.807, 2.05) is 6.92 Å². The molecule has 1 aliphatic heterocycles. The number of hydrogen-bond donors (Lipinski definition) is 1. The minimum atomic E-state index is -0.998. The highest BCUT2D eigenvalue weighted by Gasteiger charge is 2.36. The van der Waals surface area contributed by atoms with Crippen LogP contribution in [0, 0.1) is 0 Å². The molecule has 1 aromatic heterocycles. The second kappa shape index (κ2) is 7.19. The molecule has 0 saturated carbocycles. The summed E-state index contributed by atoms with van der Waals surface area (Å²) >= 11 is 0. The van der Waals surface area contributed by atoms with Gasteiger partial charge in [0, 0.05) is 24.1 Å². The van der Waals surface area contributed by atoms with Gasteiger partial charge in [-0.3, -0.25) is 4.79 Å². The molecule has 1 fully saturated rings. The Morgan fingerprint density at radius 1 is 1.38 bits per heavy atom. The van der Waals surface area contributed by atoms with Crippen molar-refractivity contribution < 1.29 is 23.8 Å². The second-order valence-electron chi connectivity index (χ2n) is 6.39. The number of aryl methyl sites for hydroxylation is 1. The molecule has 2 unspecified atom stereocenters. The van der Waals surface area contributed by atoms with Crippen LogP contribution in [0.25, 0.3) is 11.0 Å². The van der Waals surface area contributed by atoms with Crippen molar-refractivity contribution in [1.82, 2.24) is 4.90 Å². The Bertz CT molecular complexity index is 903. The van der Waals surface area contributed by atoms with Crippen molar-refractivity contribution in [2.75, 3.05) is 6.54 Å². The van der Waals surface area contributed by atoms with Crippen LogP contribution in [-0.2, 0) is 16.0 Å². The molecule has 0 aliphatic carbocycles. The smallest absolute Gasteiger partial charge is 0.336 e. The van der Waals surface area contributed by atoms with E-state index in [9.17, 15) is 19.5 Å². The third kappa shape index (κ3) is 3.42. The SMILES string of the molecule is CCc1cc(=O)oc2cc(OC(C)C(=O)N3CCCC3C(=O)O)ccc12. The number of carbonyl (C=O) groups is 2. The van der Waals surface area contributed by atoms with Crippen LogP contribution in [-0.4, -0.2) is 40.6 Å². The first-order chi connectivity index (χ1) is 12.4. The van der Waals surface area contributed by atoms with Crippen LogP contribution < -0.4 is 10.4 Å². The van der Waals surface area contributed by atoms with E-state index in [1.54, 1.807) is 25.1 Å². The van der Waals surface area contributed by atoms with Gasteiger partial charge in [0.05, 0.1) is 0 Å². The lowest BCUT2D eigenvalue weighted by Gasteiger charge is -2.25. The number of hydrogen-bond acceptors (Lipinski definition) is 5. The summed E-state index contributed by atoms with van der Waals surface area (Å²) in [5.41, 5.74) is 0.848. The Balaban J connectivity index is 1.81. The zero-order chi connectivity index (χ0) is 18.8. The van der Waals surface area contributed by atoms with Gasteiger partial charge in [-0.1, -0.05) is 6.92 Å². The maximum Gasteiger partial charge on any atom is 0.336 e. The van der Waals surface area contributed by atoms with Gasteiger partial charge >= 0.3 is 11.6 Å². The third-order valence-electron chi connectivity index (χ3n) is 4.66. The molecule has 0 bridgehead atoms. The predicted octanol–water partition coefficient (Wildman–Crippen LogP) is 2.20. The number of aliphatic carboxylic acids is 1. The van der Waals surface area contributed by atoms with Gasteiger partial charge in [0.2, 0.25) is 0 Å². The van der Waals surface area contributed by atoms with E-state index in [2.05, 4.69) is 0 Å². The number of carboxylic acids is 1. The summed E-state index contributed by atoms with van der Waals surface area (Å²) in [5, 5.41) is 10.0. The monoisotopic (exact) mass is 359 g/mol. The van der Waals surface area contributed by atoms with Gasteiger partial charge in [0.1, 0.15) is 17.4 Å². The number of ether oxygens (including phenoxy) is 1. The van der Waals surface area contributed by atoms with Crippen molar-refractivity contribution in [3.05, 3.63) is 40.2 Å². The Kier molecular flexibility index (Phi) is 4.97. The molecule has 1 aliphatic rings. The summed E-state index contributed by atoms with van der Waals surface area (Å²) in [6.45, 7) is 3.95. The first kappa shape index (κ1) is 18.0. The molecule has 138 valence electrons. The Morgan fingerprint density at radius 2 is 2.15 bits per heavy atom. The van der Waals surface area contributed by atoms with E-state index >= 15 is 0 Å². The first-order valence-corrected chi connectivity index (χ1v) is 8.67. The average molecular weight is 359 g/mol. The fourth-order valence-electron chi connectivity index (χ4n) is 3.35. The molecule has 0 spiro atoms. The Hall–Kier alpha value is -2.83. The van der Waals surface area contributed by atoms with E-state index in [0.717, 1.165) is 10.9 Å². The van der Waals surface area contributed by atoms with Crippen molar-refractivity contribution in [3.63, 3.8) is 0 Å². The molecule has 1 saturated heterocycles. The lowest BCUT2D eigenvalue weighted by molar-refractivity contribution is -0.150. The molecule has 1 aromatic carbocycles.